The molecule has 108 valence electrons. The number of hydrogen-bond acceptors (Lipinski definition) is 6. The van der Waals surface area contributed by atoms with Crippen molar-refractivity contribution in [2.24, 2.45) is 0 Å². The monoisotopic (exact) mass is 300 g/mol. The van der Waals surface area contributed by atoms with Crippen molar-refractivity contribution in [3.05, 3.63) is 45.7 Å². The van der Waals surface area contributed by atoms with Crippen LogP contribution in [0.25, 0.3) is 5.69 Å². The minimum absolute atomic E-state index is 0.773. The van der Waals surface area contributed by atoms with Crippen molar-refractivity contribution in [1.29, 1.82) is 0 Å². The lowest BCUT2D eigenvalue weighted by Crippen LogP contribution is -2.03. The van der Waals surface area contributed by atoms with Gasteiger partial charge < -0.3 is 5.32 Å². The van der Waals surface area contributed by atoms with Crippen LogP contribution in [0, 0.1) is 20.8 Å². The van der Waals surface area contributed by atoms with E-state index >= 15 is 0 Å². The van der Waals surface area contributed by atoms with Gasteiger partial charge in [-0.2, -0.15) is 0 Å². The first-order valence-corrected chi connectivity index (χ1v) is 7.46. The fourth-order valence-electron chi connectivity index (χ4n) is 2.16. The third kappa shape index (κ3) is 2.92. The first kappa shape index (κ1) is 13.7. The molecule has 2 heterocycles. The molecule has 0 aliphatic rings. The highest BCUT2D eigenvalue weighted by atomic mass is 32.1. The van der Waals surface area contributed by atoms with Crippen LogP contribution >= 0.6 is 11.3 Å². The highest BCUT2D eigenvalue weighted by Crippen LogP contribution is 2.21. The van der Waals surface area contributed by atoms with Crippen molar-refractivity contribution < 1.29 is 0 Å². The van der Waals surface area contributed by atoms with E-state index < -0.39 is 0 Å². The number of rotatable bonds is 4. The van der Waals surface area contributed by atoms with E-state index in [0.29, 0.717) is 0 Å². The molecule has 0 fully saturated rings. The number of thiazole rings is 1. The molecule has 0 saturated carbocycles. The van der Waals surface area contributed by atoms with Gasteiger partial charge in [0, 0.05) is 10.6 Å². The second-order valence-electron chi connectivity index (χ2n) is 4.85. The highest BCUT2D eigenvalue weighted by Gasteiger charge is 2.07. The second kappa shape index (κ2) is 5.61. The van der Waals surface area contributed by atoms with E-state index in [1.165, 1.54) is 4.88 Å². The number of anilines is 1. The molecule has 0 aliphatic carbocycles. The topological polar surface area (TPSA) is 68.5 Å². The Morgan fingerprint density at radius 2 is 2.10 bits per heavy atom. The Balaban J connectivity index is 1.80. The summed E-state index contributed by atoms with van der Waals surface area (Å²) < 4.78 is 1.67. The van der Waals surface area contributed by atoms with E-state index in [-0.39, 0.29) is 0 Å². The molecule has 3 rings (SSSR count). The molecule has 6 nitrogen and oxygen atoms in total. The predicted octanol–water partition coefficient (Wildman–Crippen LogP) is 2.66. The van der Waals surface area contributed by atoms with Gasteiger partial charge in [-0.25, -0.2) is 9.67 Å². The van der Waals surface area contributed by atoms with Gasteiger partial charge in [0.2, 0.25) is 0 Å². The van der Waals surface area contributed by atoms with Crippen LogP contribution in [0.15, 0.2) is 24.5 Å². The van der Waals surface area contributed by atoms with Gasteiger partial charge in [0.25, 0.3) is 0 Å². The van der Waals surface area contributed by atoms with Gasteiger partial charge in [-0.05, 0) is 48.9 Å². The number of tetrazole rings is 1. The van der Waals surface area contributed by atoms with Crippen LogP contribution in [0.1, 0.15) is 21.1 Å². The molecule has 7 heteroatoms. The van der Waals surface area contributed by atoms with Crippen molar-refractivity contribution in [3.63, 3.8) is 0 Å². The van der Waals surface area contributed by atoms with E-state index in [0.717, 1.165) is 34.2 Å². The Kier molecular flexibility index (Phi) is 3.66. The molecule has 1 aromatic carbocycles. The van der Waals surface area contributed by atoms with Crippen LogP contribution in [0.5, 0.6) is 0 Å². The lowest BCUT2D eigenvalue weighted by atomic mass is 10.2. The average Bonchev–Trinajstić information content (AvgIpc) is 3.08. The molecule has 0 amide bonds. The Labute approximate surface area is 126 Å². The van der Waals surface area contributed by atoms with Crippen LogP contribution in [0.2, 0.25) is 0 Å². The molecule has 0 atom stereocenters. The van der Waals surface area contributed by atoms with Crippen LogP contribution in [-0.2, 0) is 6.54 Å². The van der Waals surface area contributed by atoms with E-state index in [2.05, 4.69) is 44.0 Å². The third-order valence-electron chi connectivity index (χ3n) is 3.26. The standard InChI is InChI=1S/C14H16N6S/c1-9-4-5-12(6-13(9)20-8-16-18-19-20)15-7-14-10(2)17-11(3)21-14/h4-6,8,15H,7H2,1-3H3. The van der Waals surface area contributed by atoms with E-state index in [1.54, 1.807) is 22.3 Å². The minimum Gasteiger partial charge on any atom is -0.380 e. The second-order valence-corrected chi connectivity index (χ2v) is 6.14. The van der Waals surface area contributed by atoms with E-state index in [9.17, 15) is 0 Å². The van der Waals surface area contributed by atoms with Gasteiger partial charge >= 0.3 is 0 Å². The first-order valence-electron chi connectivity index (χ1n) is 6.64. The molecule has 21 heavy (non-hydrogen) atoms. The summed E-state index contributed by atoms with van der Waals surface area (Å²) in [4.78, 5) is 5.70. The third-order valence-corrected chi connectivity index (χ3v) is 4.33. The highest BCUT2D eigenvalue weighted by molar-refractivity contribution is 7.11. The molecular formula is C14H16N6S. The number of benzene rings is 1. The minimum atomic E-state index is 0.773. The predicted molar refractivity (Wildman–Crippen MR) is 82.8 cm³/mol. The molecule has 0 bridgehead atoms. The smallest absolute Gasteiger partial charge is 0.143 e. The van der Waals surface area contributed by atoms with Crippen molar-refractivity contribution in [1.82, 2.24) is 25.2 Å². The number of nitrogens with zero attached hydrogens (tertiary/aromatic N) is 5. The first-order chi connectivity index (χ1) is 10.1. The van der Waals surface area contributed by atoms with E-state index in [4.69, 9.17) is 0 Å². The molecule has 0 saturated heterocycles. The largest absolute Gasteiger partial charge is 0.380 e. The van der Waals surface area contributed by atoms with Crippen molar-refractivity contribution in [3.8, 4) is 5.69 Å². The van der Waals surface area contributed by atoms with Gasteiger partial charge in [0.15, 0.2) is 0 Å². The lowest BCUT2D eigenvalue weighted by Gasteiger charge is -2.10. The van der Waals surface area contributed by atoms with Crippen LogP contribution < -0.4 is 5.32 Å². The molecule has 2 aromatic heterocycles. The Bertz CT molecular complexity index is 747. The average molecular weight is 300 g/mol. The number of aryl methyl sites for hydroxylation is 3. The fourth-order valence-corrected chi connectivity index (χ4v) is 3.03. The molecule has 0 spiro atoms. The van der Waals surface area contributed by atoms with Gasteiger partial charge in [-0.15, -0.1) is 16.4 Å². The van der Waals surface area contributed by atoms with Gasteiger partial charge in [-0.3, -0.25) is 0 Å². The summed E-state index contributed by atoms with van der Waals surface area (Å²) in [5.74, 6) is 0. The maximum atomic E-state index is 4.44. The number of nitrogens with one attached hydrogen (secondary N) is 1. The zero-order valence-electron chi connectivity index (χ0n) is 12.2. The van der Waals surface area contributed by atoms with Gasteiger partial charge in [0.05, 0.1) is 22.9 Å². The Morgan fingerprint density at radius 3 is 2.76 bits per heavy atom. The Hall–Kier alpha value is -2.28. The summed E-state index contributed by atoms with van der Waals surface area (Å²) in [6, 6.07) is 6.17. The number of aromatic nitrogens is 5. The Morgan fingerprint density at radius 1 is 1.24 bits per heavy atom. The number of hydrogen-bond donors (Lipinski definition) is 1. The normalized spacial score (nSPS) is 10.8. The van der Waals surface area contributed by atoms with Crippen molar-refractivity contribution in [2.75, 3.05) is 5.32 Å². The van der Waals surface area contributed by atoms with Gasteiger partial charge in [0.1, 0.15) is 6.33 Å². The summed E-state index contributed by atoms with van der Waals surface area (Å²) in [7, 11) is 0. The summed E-state index contributed by atoms with van der Waals surface area (Å²) in [6.45, 7) is 6.89. The van der Waals surface area contributed by atoms with Crippen LogP contribution in [0.4, 0.5) is 5.69 Å². The van der Waals surface area contributed by atoms with Crippen molar-refractivity contribution >= 4 is 17.0 Å². The molecule has 0 unspecified atom stereocenters. The molecule has 1 N–H and O–H groups in total. The maximum Gasteiger partial charge on any atom is 0.143 e. The van der Waals surface area contributed by atoms with Gasteiger partial charge in [-0.1, -0.05) is 6.07 Å². The van der Waals surface area contributed by atoms with Crippen LogP contribution in [-0.4, -0.2) is 25.2 Å². The maximum absolute atomic E-state index is 4.44. The fraction of sp³-hybridized carbons (Fsp3) is 0.286. The summed E-state index contributed by atoms with van der Waals surface area (Å²) in [6.07, 6.45) is 1.60. The summed E-state index contributed by atoms with van der Waals surface area (Å²) in [5, 5.41) is 15.8. The zero-order valence-corrected chi connectivity index (χ0v) is 13.0. The van der Waals surface area contributed by atoms with E-state index in [1.807, 2.05) is 20.8 Å². The molecule has 0 aliphatic heterocycles. The molecular weight excluding hydrogens is 284 g/mol. The van der Waals surface area contributed by atoms with Crippen molar-refractivity contribution in [2.45, 2.75) is 27.3 Å². The van der Waals surface area contributed by atoms with Crippen LogP contribution in [0.3, 0.4) is 0 Å². The quantitative estimate of drug-likeness (QED) is 0.802. The summed E-state index contributed by atoms with van der Waals surface area (Å²) in [5.41, 5.74) is 4.23. The SMILES string of the molecule is Cc1nc(C)c(CNc2ccc(C)c(-n3cnnn3)c2)s1. The zero-order chi connectivity index (χ0) is 14.8. The lowest BCUT2D eigenvalue weighted by molar-refractivity contribution is 0.785. The molecule has 0 radical (unpaired) electrons. The summed E-state index contributed by atoms with van der Waals surface area (Å²) >= 11 is 1.73. The molecule has 3 aromatic rings.